The number of hydrogen-bond donors (Lipinski definition) is 0. The van der Waals surface area contributed by atoms with Gasteiger partial charge in [-0.1, -0.05) is 16.1 Å². The summed E-state index contributed by atoms with van der Waals surface area (Å²) in [6, 6.07) is 0. The lowest BCUT2D eigenvalue weighted by Gasteiger charge is -1.97. The van der Waals surface area contributed by atoms with Crippen molar-refractivity contribution in [3.8, 4) is 0 Å². The molecule has 0 atom stereocenters. The molecule has 0 saturated heterocycles. The molecule has 0 bridgehead atoms. The van der Waals surface area contributed by atoms with Gasteiger partial charge in [0.25, 0.3) is 0 Å². The maximum absolute atomic E-state index is 12.2. The van der Waals surface area contributed by atoms with E-state index in [1.807, 2.05) is 0 Å². The van der Waals surface area contributed by atoms with Crippen molar-refractivity contribution in [3.05, 3.63) is 27.0 Å². The van der Waals surface area contributed by atoms with Crippen molar-refractivity contribution < 1.29 is 4.79 Å². The number of halogens is 1. The highest BCUT2D eigenvalue weighted by molar-refractivity contribution is 7.08. The van der Waals surface area contributed by atoms with E-state index in [-0.39, 0.29) is 5.78 Å². The summed E-state index contributed by atoms with van der Waals surface area (Å²) in [4.78, 5) is 12.7. The first kappa shape index (κ1) is 11.2. The van der Waals surface area contributed by atoms with Gasteiger partial charge in [-0.2, -0.15) is 5.10 Å². The van der Waals surface area contributed by atoms with Crippen LogP contribution in [0.25, 0.3) is 0 Å². The number of carbonyl (C=O) groups is 1. The second kappa shape index (κ2) is 3.95. The molecule has 7 heteroatoms. The first-order valence-corrected chi connectivity index (χ1v) is 5.70. The number of aromatic nitrogens is 4. The third-order valence-electron chi connectivity index (χ3n) is 2.24. The summed E-state index contributed by atoms with van der Waals surface area (Å²) in [7, 11) is 1.70. The van der Waals surface area contributed by atoms with E-state index in [9.17, 15) is 4.79 Å². The van der Waals surface area contributed by atoms with Crippen LogP contribution in [0.1, 0.15) is 26.6 Å². The Bertz CT molecular complexity index is 560. The van der Waals surface area contributed by atoms with Gasteiger partial charge in [0.05, 0.1) is 17.0 Å². The lowest BCUT2D eigenvalue weighted by Crippen LogP contribution is -2.02. The van der Waals surface area contributed by atoms with E-state index in [0.29, 0.717) is 27.0 Å². The zero-order valence-electron chi connectivity index (χ0n) is 8.98. The smallest absolute Gasteiger partial charge is 0.211 e. The Balaban J connectivity index is 2.54. The number of hydrogen-bond acceptors (Lipinski definition) is 5. The van der Waals surface area contributed by atoms with Crippen LogP contribution in [0.15, 0.2) is 0 Å². The second-order valence-electron chi connectivity index (χ2n) is 3.39. The molecule has 0 aliphatic heterocycles. The van der Waals surface area contributed by atoms with Crippen LogP contribution in [0.3, 0.4) is 0 Å². The fraction of sp³-hybridized carbons (Fsp3) is 0.333. The molecule has 84 valence electrons. The van der Waals surface area contributed by atoms with Crippen molar-refractivity contribution in [2.24, 2.45) is 7.05 Å². The van der Waals surface area contributed by atoms with Gasteiger partial charge in [-0.25, -0.2) is 0 Å². The first-order chi connectivity index (χ1) is 7.52. The van der Waals surface area contributed by atoms with Gasteiger partial charge in [0.2, 0.25) is 5.78 Å². The Labute approximate surface area is 101 Å². The van der Waals surface area contributed by atoms with Gasteiger partial charge in [-0.3, -0.25) is 9.48 Å². The molecule has 5 nitrogen and oxygen atoms in total. The van der Waals surface area contributed by atoms with Gasteiger partial charge in [-0.15, -0.1) is 5.10 Å². The topological polar surface area (TPSA) is 60.7 Å². The highest BCUT2D eigenvalue weighted by atomic mass is 35.5. The molecule has 0 spiro atoms. The standard InChI is InChI=1S/C9H9ClN4OS/c1-4-6(9(10)14(3)12-4)7(15)8-5(2)11-13-16-8/h1-3H3. The molecule has 2 rings (SSSR count). The molecule has 16 heavy (non-hydrogen) atoms. The number of rotatable bonds is 2. The van der Waals surface area contributed by atoms with Gasteiger partial charge in [0.15, 0.2) is 0 Å². The molecular weight excluding hydrogens is 248 g/mol. The van der Waals surface area contributed by atoms with Crippen molar-refractivity contribution in [3.63, 3.8) is 0 Å². The molecule has 0 fully saturated rings. The van der Waals surface area contributed by atoms with E-state index in [2.05, 4.69) is 14.7 Å². The molecule has 0 unspecified atom stereocenters. The molecule has 0 N–H and O–H groups in total. The van der Waals surface area contributed by atoms with Gasteiger partial charge >= 0.3 is 0 Å². The SMILES string of the molecule is Cc1nnsc1C(=O)c1c(C)nn(C)c1Cl. The maximum atomic E-state index is 12.2. The van der Waals surface area contributed by atoms with Crippen LogP contribution in [0.2, 0.25) is 5.15 Å². The Kier molecular flexibility index (Phi) is 2.77. The first-order valence-electron chi connectivity index (χ1n) is 4.55. The van der Waals surface area contributed by atoms with E-state index in [4.69, 9.17) is 11.6 Å². The Morgan fingerprint density at radius 3 is 2.50 bits per heavy atom. The van der Waals surface area contributed by atoms with E-state index >= 15 is 0 Å². The van der Waals surface area contributed by atoms with Crippen LogP contribution < -0.4 is 0 Å². The average molecular weight is 257 g/mol. The third kappa shape index (κ3) is 1.64. The summed E-state index contributed by atoms with van der Waals surface area (Å²) in [5.41, 5.74) is 1.66. The van der Waals surface area contributed by atoms with Crippen LogP contribution >= 0.6 is 23.1 Å². The van der Waals surface area contributed by atoms with E-state index in [0.717, 1.165) is 11.5 Å². The number of nitrogens with zero attached hydrogens (tertiary/aromatic N) is 4. The largest absolute Gasteiger partial charge is 0.287 e. The summed E-state index contributed by atoms with van der Waals surface area (Å²) in [6.45, 7) is 3.50. The minimum absolute atomic E-state index is 0.164. The molecule has 2 aromatic rings. The highest BCUT2D eigenvalue weighted by Gasteiger charge is 2.23. The monoisotopic (exact) mass is 256 g/mol. The van der Waals surface area contributed by atoms with Gasteiger partial charge in [-0.05, 0) is 25.4 Å². The van der Waals surface area contributed by atoms with Crippen LogP contribution in [-0.4, -0.2) is 25.2 Å². The fourth-order valence-electron chi connectivity index (χ4n) is 1.44. The average Bonchev–Trinajstić information content (AvgIpc) is 2.73. The molecule has 0 saturated carbocycles. The zero-order valence-corrected chi connectivity index (χ0v) is 10.6. The predicted molar refractivity (Wildman–Crippen MR) is 61.0 cm³/mol. The predicted octanol–water partition coefficient (Wildman–Crippen LogP) is 1.77. The number of ketones is 1. The summed E-state index contributed by atoms with van der Waals surface area (Å²) in [6.07, 6.45) is 0. The molecule has 0 aliphatic rings. The molecule has 0 amide bonds. The zero-order chi connectivity index (χ0) is 11.9. The van der Waals surface area contributed by atoms with E-state index < -0.39 is 0 Å². The Morgan fingerprint density at radius 1 is 1.38 bits per heavy atom. The molecule has 0 radical (unpaired) electrons. The van der Waals surface area contributed by atoms with Crippen molar-refractivity contribution in [2.45, 2.75) is 13.8 Å². The highest BCUT2D eigenvalue weighted by Crippen LogP contribution is 2.24. The second-order valence-corrected chi connectivity index (χ2v) is 4.50. The normalized spacial score (nSPS) is 10.8. The molecule has 2 heterocycles. The number of aryl methyl sites for hydroxylation is 3. The summed E-state index contributed by atoms with van der Waals surface area (Å²) in [5, 5.41) is 8.25. The molecule has 0 aliphatic carbocycles. The van der Waals surface area contributed by atoms with Crippen LogP contribution in [0, 0.1) is 13.8 Å². The van der Waals surface area contributed by atoms with Crippen molar-refractivity contribution >= 4 is 28.9 Å². The minimum Gasteiger partial charge on any atom is -0.287 e. The lowest BCUT2D eigenvalue weighted by atomic mass is 10.1. The molecule has 2 aromatic heterocycles. The van der Waals surface area contributed by atoms with Gasteiger partial charge in [0, 0.05) is 7.05 Å². The summed E-state index contributed by atoms with van der Waals surface area (Å²) in [5.74, 6) is -0.164. The molecular formula is C9H9ClN4OS. The lowest BCUT2D eigenvalue weighted by molar-refractivity contribution is 0.104. The van der Waals surface area contributed by atoms with E-state index in [1.165, 1.54) is 4.68 Å². The molecule has 0 aromatic carbocycles. The van der Waals surface area contributed by atoms with Gasteiger partial charge in [0.1, 0.15) is 10.0 Å². The quantitative estimate of drug-likeness (QED) is 0.769. The van der Waals surface area contributed by atoms with Crippen molar-refractivity contribution in [1.82, 2.24) is 19.4 Å². The van der Waals surface area contributed by atoms with Crippen LogP contribution in [-0.2, 0) is 7.05 Å². The Morgan fingerprint density at radius 2 is 2.06 bits per heavy atom. The van der Waals surface area contributed by atoms with Crippen LogP contribution in [0.5, 0.6) is 0 Å². The van der Waals surface area contributed by atoms with Crippen molar-refractivity contribution in [2.75, 3.05) is 0 Å². The van der Waals surface area contributed by atoms with Gasteiger partial charge < -0.3 is 0 Å². The van der Waals surface area contributed by atoms with Crippen molar-refractivity contribution in [1.29, 1.82) is 0 Å². The number of carbonyl (C=O) groups excluding carboxylic acids is 1. The third-order valence-corrected chi connectivity index (χ3v) is 3.50. The summed E-state index contributed by atoms with van der Waals surface area (Å²) >= 11 is 7.09. The minimum atomic E-state index is -0.164. The fourth-order valence-corrected chi connectivity index (χ4v) is 2.30. The van der Waals surface area contributed by atoms with E-state index in [1.54, 1.807) is 20.9 Å². The van der Waals surface area contributed by atoms with Crippen LogP contribution in [0.4, 0.5) is 0 Å². The summed E-state index contributed by atoms with van der Waals surface area (Å²) < 4.78 is 5.22. The maximum Gasteiger partial charge on any atom is 0.211 e. The Hall–Kier alpha value is -1.27.